The number of aromatic nitrogens is 3. The van der Waals surface area contributed by atoms with Crippen molar-refractivity contribution in [2.24, 2.45) is 5.73 Å². The summed E-state index contributed by atoms with van der Waals surface area (Å²) in [5, 5.41) is 17.0. The van der Waals surface area contributed by atoms with Gasteiger partial charge in [-0.3, -0.25) is 4.57 Å². The Kier molecular flexibility index (Phi) is 7.01. The normalized spacial score (nSPS) is 11.2. The lowest BCUT2D eigenvalue weighted by Gasteiger charge is -2.12. The maximum absolute atomic E-state index is 13.3. The molecule has 0 unspecified atom stereocenters. The Balaban J connectivity index is 1.62. The SMILES string of the molecule is N#Cc1cccc(CS(=O)(=O)c2nnc(CCN)n2-c2ccc(OCc3ccccc3)cc2)c1. The van der Waals surface area contributed by atoms with Gasteiger partial charge in [0.25, 0.3) is 5.16 Å². The standard InChI is InChI=1S/C25H23N5O3S/c26-14-13-24-28-29-25(34(31,32)18-21-8-4-7-20(15-21)16-27)30(24)22-9-11-23(12-10-22)33-17-19-5-2-1-3-6-19/h1-12,15H,13-14,17-18,26H2. The third-order valence-corrected chi connectivity index (χ3v) is 6.64. The summed E-state index contributed by atoms with van der Waals surface area (Å²) in [6.07, 6.45) is 0.360. The average Bonchev–Trinajstić information content (AvgIpc) is 3.28. The van der Waals surface area contributed by atoms with E-state index in [4.69, 9.17) is 15.7 Å². The van der Waals surface area contributed by atoms with Crippen LogP contribution in [0.1, 0.15) is 22.5 Å². The van der Waals surface area contributed by atoms with E-state index in [2.05, 4.69) is 10.2 Å². The molecule has 0 bridgehead atoms. The number of nitrogens with zero attached hydrogens (tertiary/aromatic N) is 4. The molecule has 0 atom stereocenters. The van der Waals surface area contributed by atoms with Gasteiger partial charge in [0.2, 0.25) is 9.84 Å². The molecule has 0 aliphatic carbocycles. The molecule has 1 aromatic heterocycles. The van der Waals surface area contributed by atoms with Crippen molar-refractivity contribution >= 4 is 9.84 Å². The molecular weight excluding hydrogens is 450 g/mol. The van der Waals surface area contributed by atoms with Crippen LogP contribution in [0.2, 0.25) is 0 Å². The lowest BCUT2D eigenvalue weighted by molar-refractivity contribution is 0.306. The summed E-state index contributed by atoms with van der Waals surface area (Å²) in [5.74, 6) is 0.797. The number of hydrogen-bond acceptors (Lipinski definition) is 7. The van der Waals surface area contributed by atoms with Gasteiger partial charge >= 0.3 is 0 Å². The Hall–Kier alpha value is -4.00. The van der Waals surface area contributed by atoms with Gasteiger partial charge in [0, 0.05) is 12.1 Å². The zero-order valence-electron chi connectivity index (χ0n) is 18.3. The second kappa shape index (κ2) is 10.3. The molecule has 4 rings (SSSR count). The van der Waals surface area contributed by atoms with E-state index in [9.17, 15) is 8.42 Å². The minimum atomic E-state index is -3.86. The van der Waals surface area contributed by atoms with Crippen LogP contribution < -0.4 is 10.5 Å². The number of ether oxygens (including phenoxy) is 1. The largest absolute Gasteiger partial charge is 0.489 e. The van der Waals surface area contributed by atoms with Crippen LogP contribution in [0.3, 0.4) is 0 Å². The topological polar surface area (TPSA) is 124 Å². The minimum Gasteiger partial charge on any atom is -0.489 e. The molecule has 4 aromatic rings. The molecule has 1 heterocycles. The van der Waals surface area contributed by atoms with Crippen molar-refractivity contribution in [3.63, 3.8) is 0 Å². The maximum Gasteiger partial charge on any atom is 0.254 e. The summed E-state index contributed by atoms with van der Waals surface area (Å²) in [6.45, 7) is 0.716. The van der Waals surface area contributed by atoms with Crippen LogP contribution in [0.25, 0.3) is 5.69 Å². The number of benzene rings is 3. The van der Waals surface area contributed by atoms with Crippen LogP contribution in [0, 0.1) is 11.3 Å². The molecule has 0 spiro atoms. The Morgan fingerprint density at radius 2 is 1.68 bits per heavy atom. The maximum atomic E-state index is 13.3. The molecule has 8 nitrogen and oxygen atoms in total. The van der Waals surface area contributed by atoms with Crippen molar-refractivity contribution < 1.29 is 13.2 Å². The van der Waals surface area contributed by atoms with E-state index >= 15 is 0 Å². The molecule has 2 N–H and O–H groups in total. The Bertz CT molecular complexity index is 1410. The van der Waals surface area contributed by atoms with Crippen molar-refractivity contribution in [1.82, 2.24) is 14.8 Å². The summed E-state index contributed by atoms with van der Waals surface area (Å²) >= 11 is 0. The van der Waals surface area contributed by atoms with Crippen LogP contribution in [0.4, 0.5) is 0 Å². The van der Waals surface area contributed by atoms with Gasteiger partial charge < -0.3 is 10.5 Å². The van der Waals surface area contributed by atoms with Gasteiger partial charge in [0.1, 0.15) is 18.2 Å². The summed E-state index contributed by atoms with van der Waals surface area (Å²) in [7, 11) is -3.86. The second-order valence-electron chi connectivity index (χ2n) is 7.61. The van der Waals surface area contributed by atoms with E-state index < -0.39 is 9.84 Å². The van der Waals surface area contributed by atoms with E-state index in [0.717, 1.165) is 5.56 Å². The summed E-state index contributed by atoms with van der Waals surface area (Å²) < 4.78 is 33.9. The molecule has 0 aliphatic rings. The molecule has 9 heteroatoms. The zero-order chi connectivity index (χ0) is 24.0. The molecular formula is C25H23N5O3S. The van der Waals surface area contributed by atoms with Crippen LogP contribution in [-0.2, 0) is 28.6 Å². The first-order valence-corrected chi connectivity index (χ1v) is 12.3. The Morgan fingerprint density at radius 3 is 2.38 bits per heavy atom. The lowest BCUT2D eigenvalue weighted by Crippen LogP contribution is -2.15. The van der Waals surface area contributed by atoms with E-state index in [1.807, 2.05) is 36.4 Å². The second-order valence-corrected chi connectivity index (χ2v) is 9.50. The highest BCUT2D eigenvalue weighted by atomic mass is 32.2. The van der Waals surface area contributed by atoms with Crippen molar-refractivity contribution in [3.05, 3.63) is 101 Å². The van der Waals surface area contributed by atoms with Gasteiger partial charge in [0.15, 0.2) is 0 Å². The molecule has 0 saturated carbocycles. The number of nitriles is 1. The van der Waals surface area contributed by atoms with Crippen molar-refractivity contribution in [3.8, 4) is 17.5 Å². The molecule has 0 saturated heterocycles. The van der Waals surface area contributed by atoms with Gasteiger partial charge in [-0.15, -0.1) is 10.2 Å². The third-order valence-electron chi connectivity index (χ3n) is 5.10. The van der Waals surface area contributed by atoms with E-state index in [0.29, 0.717) is 48.0 Å². The minimum absolute atomic E-state index is 0.170. The predicted molar refractivity (Wildman–Crippen MR) is 127 cm³/mol. The Morgan fingerprint density at radius 1 is 0.941 bits per heavy atom. The number of nitrogens with two attached hydrogens (primary N) is 1. The van der Waals surface area contributed by atoms with Gasteiger partial charge in [-0.2, -0.15) is 5.26 Å². The van der Waals surface area contributed by atoms with E-state index in [1.54, 1.807) is 48.5 Å². The molecule has 0 aliphatic heterocycles. The summed E-state index contributed by atoms with van der Waals surface area (Å²) in [4.78, 5) is 0. The number of hydrogen-bond donors (Lipinski definition) is 1. The van der Waals surface area contributed by atoms with Crippen LogP contribution in [-0.4, -0.2) is 29.7 Å². The molecule has 172 valence electrons. The molecule has 0 fully saturated rings. The predicted octanol–water partition coefficient (Wildman–Crippen LogP) is 3.19. The fourth-order valence-electron chi connectivity index (χ4n) is 3.50. The molecule has 0 amide bonds. The lowest BCUT2D eigenvalue weighted by atomic mass is 10.2. The van der Waals surface area contributed by atoms with E-state index in [-0.39, 0.29) is 10.9 Å². The summed E-state index contributed by atoms with van der Waals surface area (Å²) in [6, 6.07) is 25.4. The highest BCUT2D eigenvalue weighted by Crippen LogP contribution is 2.23. The van der Waals surface area contributed by atoms with Crippen LogP contribution in [0.15, 0.2) is 84.0 Å². The third kappa shape index (κ3) is 5.31. The summed E-state index contributed by atoms with van der Waals surface area (Å²) in [5.41, 5.74) is 8.24. The first-order chi connectivity index (χ1) is 16.5. The smallest absolute Gasteiger partial charge is 0.254 e. The van der Waals surface area contributed by atoms with Crippen LogP contribution >= 0.6 is 0 Å². The number of sulfone groups is 1. The first-order valence-electron chi connectivity index (χ1n) is 10.6. The first kappa shape index (κ1) is 23.2. The quantitative estimate of drug-likeness (QED) is 0.396. The van der Waals surface area contributed by atoms with Crippen molar-refractivity contribution in [2.75, 3.05) is 6.54 Å². The van der Waals surface area contributed by atoms with Crippen molar-refractivity contribution in [1.29, 1.82) is 5.26 Å². The number of rotatable bonds is 9. The fourth-order valence-corrected chi connectivity index (χ4v) is 4.90. The van der Waals surface area contributed by atoms with E-state index in [1.165, 1.54) is 4.57 Å². The van der Waals surface area contributed by atoms with Gasteiger partial charge in [0.05, 0.1) is 17.4 Å². The molecule has 34 heavy (non-hydrogen) atoms. The molecule has 0 radical (unpaired) electrons. The highest BCUT2D eigenvalue weighted by molar-refractivity contribution is 7.90. The van der Waals surface area contributed by atoms with Gasteiger partial charge in [-0.25, -0.2) is 8.42 Å². The fraction of sp³-hybridized carbons (Fsp3) is 0.160. The average molecular weight is 474 g/mol. The van der Waals surface area contributed by atoms with Gasteiger partial charge in [-0.1, -0.05) is 42.5 Å². The monoisotopic (exact) mass is 473 g/mol. The van der Waals surface area contributed by atoms with Crippen molar-refractivity contribution in [2.45, 2.75) is 23.9 Å². The highest BCUT2D eigenvalue weighted by Gasteiger charge is 2.26. The van der Waals surface area contributed by atoms with Crippen LogP contribution in [0.5, 0.6) is 5.75 Å². The Labute approximate surface area is 198 Å². The molecule has 3 aromatic carbocycles. The zero-order valence-corrected chi connectivity index (χ0v) is 19.1. The van der Waals surface area contributed by atoms with Gasteiger partial charge in [-0.05, 0) is 54.1 Å².